The summed E-state index contributed by atoms with van der Waals surface area (Å²) in [6, 6.07) is 14.0. The maximum Gasteiger partial charge on any atom is 0.411 e. The van der Waals surface area contributed by atoms with Gasteiger partial charge in [-0.05, 0) is 35.3 Å². The SMILES string of the molecule is O=C(OCc1ccccc1)N1C2C=C(c3ccc(F)c(Cl)c3)CC1COC2. The van der Waals surface area contributed by atoms with Gasteiger partial charge in [-0.2, -0.15) is 0 Å². The van der Waals surface area contributed by atoms with Crippen molar-refractivity contribution in [2.24, 2.45) is 0 Å². The van der Waals surface area contributed by atoms with E-state index < -0.39 is 5.82 Å². The molecule has 2 unspecified atom stereocenters. The highest BCUT2D eigenvalue weighted by Crippen LogP contribution is 2.34. The van der Waals surface area contributed by atoms with Gasteiger partial charge in [0.15, 0.2) is 0 Å². The predicted molar refractivity (Wildman–Crippen MR) is 101 cm³/mol. The molecule has 0 spiro atoms. The first-order chi connectivity index (χ1) is 13.1. The van der Waals surface area contributed by atoms with Crippen molar-refractivity contribution in [3.63, 3.8) is 0 Å². The Labute approximate surface area is 162 Å². The second-order valence-electron chi connectivity index (χ2n) is 6.73. The van der Waals surface area contributed by atoms with E-state index in [2.05, 4.69) is 0 Å². The van der Waals surface area contributed by atoms with Crippen LogP contribution < -0.4 is 0 Å². The van der Waals surface area contributed by atoms with Gasteiger partial charge in [0.1, 0.15) is 12.4 Å². The Balaban J connectivity index is 1.51. The fourth-order valence-electron chi connectivity index (χ4n) is 3.58. The highest BCUT2D eigenvalue weighted by atomic mass is 35.5. The minimum absolute atomic E-state index is 0.0968. The Morgan fingerprint density at radius 1 is 1.22 bits per heavy atom. The number of ether oxygens (including phenoxy) is 2. The van der Waals surface area contributed by atoms with E-state index in [9.17, 15) is 9.18 Å². The summed E-state index contributed by atoms with van der Waals surface area (Å²) in [6.07, 6.45) is 2.26. The first kappa shape index (κ1) is 18.0. The van der Waals surface area contributed by atoms with Crippen LogP contribution in [0.25, 0.3) is 5.57 Å². The topological polar surface area (TPSA) is 38.8 Å². The van der Waals surface area contributed by atoms with Gasteiger partial charge in [0.25, 0.3) is 0 Å². The van der Waals surface area contributed by atoms with Gasteiger partial charge < -0.3 is 9.47 Å². The summed E-state index contributed by atoms with van der Waals surface area (Å²) in [6.45, 7) is 1.10. The number of halogens is 2. The van der Waals surface area contributed by atoms with Crippen LogP contribution in [-0.2, 0) is 16.1 Å². The molecule has 4 rings (SSSR count). The minimum Gasteiger partial charge on any atom is -0.445 e. The summed E-state index contributed by atoms with van der Waals surface area (Å²) in [7, 11) is 0. The molecule has 2 aliphatic heterocycles. The molecule has 0 aromatic heterocycles. The standard InChI is InChI=1S/C21H19ClFNO3/c22-19-10-15(6-7-20(19)23)16-8-17-12-26-13-18(9-16)24(17)21(25)27-11-14-4-2-1-3-5-14/h1-8,10,17-18H,9,11-13H2. The van der Waals surface area contributed by atoms with Crippen molar-refractivity contribution < 1.29 is 18.7 Å². The first-order valence-electron chi connectivity index (χ1n) is 8.84. The van der Waals surface area contributed by atoms with Crippen molar-refractivity contribution in [1.29, 1.82) is 0 Å². The maximum absolute atomic E-state index is 13.4. The summed E-state index contributed by atoms with van der Waals surface area (Å²) in [5.74, 6) is -0.438. The van der Waals surface area contributed by atoms with E-state index in [1.165, 1.54) is 6.07 Å². The number of benzene rings is 2. The lowest BCUT2D eigenvalue weighted by molar-refractivity contribution is -0.0342. The molecule has 140 valence electrons. The fraction of sp³-hybridized carbons (Fsp3) is 0.286. The second-order valence-corrected chi connectivity index (χ2v) is 7.14. The van der Waals surface area contributed by atoms with Gasteiger partial charge in [-0.15, -0.1) is 0 Å². The van der Waals surface area contributed by atoms with Crippen molar-refractivity contribution >= 4 is 23.3 Å². The number of nitrogens with zero attached hydrogens (tertiary/aromatic N) is 1. The predicted octanol–water partition coefficient (Wildman–Crippen LogP) is 4.67. The normalized spacial score (nSPS) is 21.6. The van der Waals surface area contributed by atoms with E-state index in [-0.39, 0.29) is 29.8 Å². The van der Waals surface area contributed by atoms with Crippen LogP contribution in [0.4, 0.5) is 9.18 Å². The van der Waals surface area contributed by atoms with Crippen LogP contribution in [0, 0.1) is 5.82 Å². The first-order valence-corrected chi connectivity index (χ1v) is 9.22. The molecule has 2 heterocycles. The van der Waals surface area contributed by atoms with E-state index in [1.54, 1.807) is 17.0 Å². The molecule has 2 aromatic rings. The van der Waals surface area contributed by atoms with Gasteiger partial charge in [-0.1, -0.05) is 54.1 Å². The summed E-state index contributed by atoms with van der Waals surface area (Å²) in [5.41, 5.74) is 2.86. The van der Waals surface area contributed by atoms with Crippen LogP contribution in [0.1, 0.15) is 17.5 Å². The van der Waals surface area contributed by atoms with Crippen LogP contribution in [0.3, 0.4) is 0 Å². The average molecular weight is 388 g/mol. The van der Waals surface area contributed by atoms with Crippen molar-refractivity contribution in [3.8, 4) is 0 Å². The largest absolute Gasteiger partial charge is 0.445 e. The van der Waals surface area contributed by atoms with Crippen LogP contribution >= 0.6 is 11.6 Å². The quantitative estimate of drug-likeness (QED) is 0.768. The molecule has 0 radical (unpaired) electrons. The van der Waals surface area contributed by atoms with Crippen LogP contribution in [0.2, 0.25) is 5.02 Å². The maximum atomic E-state index is 13.4. The summed E-state index contributed by atoms with van der Waals surface area (Å²) in [4.78, 5) is 14.4. The van der Waals surface area contributed by atoms with Crippen molar-refractivity contribution in [1.82, 2.24) is 4.90 Å². The molecule has 6 heteroatoms. The van der Waals surface area contributed by atoms with Gasteiger partial charge in [-0.25, -0.2) is 9.18 Å². The molecule has 1 amide bonds. The monoisotopic (exact) mass is 387 g/mol. The molecular weight excluding hydrogens is 369 g/mol. The zero-order valence-electron chi connectivity index (χ0n) is 14.6. The number of morpholine rings is 1. The number of amides is 1. The Morgan fingerprint density at radius 3 is 2.78 bits per heavy atom. The fourth-order valence-corrected chi connectivity index (χ4v) is 3.76. The van der Waals surface area contributed by atoms with E-state index in [4.69, 9.17) is 21.1 Å². The van der Waals surface area contributed by atoms with Gasteiger partial charge in [0.2, 0.25) is 0 Å². The third-order valence-electron chi connectivity index (χ3n) is 4.90. The minimum atomic E-state index is -0.438. The van der Waals surface area contributed by atoms with Crippen molar-refractivity contribution in [3.05, 3.63) is 76.6 Å². The third-order valence-corrected chi connectivity index (χ3v) is 5.19. The molecule has 0 saturated carbocycles. The van der Waals surface area contributed by atoms with E-state index in [1.807, 2.05) is 36.4 Å². The summed E-state index contributed by atoms with van der Waals surface area (Å²) < 4.78 is 24.6. The Bertz CT molecular complexity index is 871. The molecule has 0 N–H and O–H groups in total. The number of carbonyl (C=O) groups excluding carboxylic acids is 1. The molecule has 0 aliphatic carbocycles. The lowest BCUT2D eigenvalue weighted by atomic mass is 9.90. The Hall–Kier alpha value is -2.37. The van der Waals surface area contributed by atoms with Crippen LogP contribution in [-0.4, -0.2) is 36.3 Å². The van der Waals surface area contributed by atoms with Gasteiger partial charge in [0, 0.05) is 0 Å². The lowest BCUT2D eigenvalue weighted by Gasteiger charge is -2.43. The molecule has 1 fully saturated rings. The van der Waals surface area contributed by atoms with E-state index in [0.29, 0.717) is 19.6 Å². The second kappa shape index (κ2) is 7.71. The zero-order valence-corrected chi connectivity index (χ0v) is 15.4. The van der Waals surface area contributed by atoms with Crippen molar-refractivity contribution in [2.75, 3.05) is 13.2 Å². The smallest absolute Gasteiger partial charge is 0.411 e. The summed E-state index contributed by atoms with van der Waals surface area (Å²) in [5, 5.41) is 0.0968. The van der Waals surface area contributed by atoms with Crippen LogP contribution in [0.5, 0.6) is 0 Å². The third kappa shape index (κ3) is 3.84. The highest BCUT2D eigenvalue weighted by molar-refractivity contribution is 6.30. The van der Waals surface area contributed by atoms with Crippen molar-refractivity contribution in [2.45, 2.75) is 25.1 Å². The van der Waals surface area contributed by atoms with Gasteiger partial charge in [-0.3, -0.25) is 4.90 Å². The molecule has 2 aromatic carbocycles. The zero-order chi connectivity index (χ0) is 18.8. The molecule has 27 heavy (non-hydrogen) atoms. The van der Waals surface area contributed by atoms with Gasteiger partial charge >= 0.3 is 6.09 Å². The molecule has 2 atom stereocenters. The molecular formula is C21H19ClFNO3. The molecule has 2 aliphatic rings. The number of carbonyl (C=O) groups is 1. The molecule has 1 saturated heterocycles. The number of hydrogen-bond acceptors (Lipinski definition) is 3. The Morgan fingerprint density at radius 2 is 2.04 bits per heavy atom. The van der Waals surface area contributed by atoms with Crippen LogP contribution in [0.15, 0.2) is 54.6 Å². The number of fused-ring (bicyclic) bond motifs is 2. The highest BCUT2D eigenvalue weighted by Gasteiger charge is 2.39. The van der Waals surface area contributed by atoms with E-state index in [0.717, 1.165) is 16.7 Å². The summed E-state index contributed by atoms with van der Waals surface area (Å²) >= 11 is 5.92. The molecule has 2 bridgehead atoms. The average Bonchev–Trinajstić information content (AvgIpc) is 2.68. The number of hydrogen-bond donors (Lipinski definition) is 0. The van der Waals surface area contributed by atoms with E-state index >= 15 is 0 Å². The molecule has 4 nitrogen and oxygen atoms in total. The van der Waals surface area contributed by atoms with Gasteiger partial charge in [0.05, 0.1) is 30.3 Å². The Kier molecular flexibility index (Phi) is 5.14. The number of rotatable bonds is 3. The lowest BCUT2D eigenvalue weighted by Crippen LogP contribution is -2.56.